The Balaban J connectivity index is 1.30. The molecule has 1 aliphatic carbocycles. The van der Waals surface area contributed by atoms with Gasteiger partial charge in [-0.3, -0.25) is 9.59 Å². The molecule has 2 unspecified atom stereocenters. The topological polar surface area (TPSA) is 96.1 Å². The number of H-pyrrole nitrogens is 1. The summed E-state index contributed by atoms with van der Waals surface area (Å²) < 4.78 is 5.59. The Kier molecular flexibility index (Phi) is 7.86. The monoisotopic (exact) mass is 448 g/mol. The highest BCUT2D eigenvalue weighted by atomic mass is 16.5. The third-order valence-corrected chi connectivity index (χ3v) is 6.36. The van der Waals surface area contributed by atoms with E-state index in [-0.39, 0.29) is 11.5 Å². The van der Waals surface area contributed by atoms with Crippen molar-refractivity contribution in [3.63, 3.8) is 0 Å². The van der Waals surface area contributed by atoms with E-state index in [4.69, 9.17) is 4.74 Å². The summed E-state index contributed by atoms with van der Waals surface area (Å²) in [6.07, 6.45) is 7.35. The molecule has 1 aromatic heterocycles. The summed E-state index contributed by atoms with van der Waals surface area (Å²) in [5.41, 5.74) is 2.03. The summed E-state index contributed by atoms with van der Waals surface area (Å²) in [4.78, 5) is 24.5. The Labute approximate surface area is 193 Å². The molecule has 1 saturated carbocycles. The van der Waals surface area contributed by atoms with Crippen LogP contribution in [-0.4, -0.2) is 41.9 Å². The van der Waals surface area contributed by atoms with Crippen LogP contribution in [-0.2, 0) is 9.53 Å². The molecule has 0 aliphatic heterocycles. The number of unbranched alkanes of at least 4 members (excludes halogenated alkanes) is 1. The number of benzene rings is 2. The molecule has 1 heterocycles. The van der Waals surface area contributed by atoms with Crippen LogP contribution in [0, 0.1) is 0 Å². The average Bonchev–Trinajstić information content (AvgIpc) is 2.84. The second-order valence-electron chi connectivity index (χ2n) is 8.65. The lowest BCUT2D eigenvalue weighted by molar-refractivity contribution is -0.116. The summed E-state index contributed by atoms with van der Waals surface area (Å²) in [5, 5.41) is 14.8. The zero-order chi connectivity index (χ0) is 23.0. The minimum Gasteiger partial charge on any atom is -0.380 e. The largest absolute Gasteiger partial charge is 0.380 e. The molecule has 2 atom stereocenters. The van der Waals surface area contributed by atoms with Crippen molar-refractivity contribution in [3.05, 3.63) is 58.9 Å². The number of rotatable bonds is 9. The number of anilines is 1. The molecular formula is C26H32N4O3. The highest BCUT2D eigenvalue weighted by molar-refractivity contribution is 5.95. The third kappa shape index (κ3) is 5.86. The number of carbonyl (C=O) groups excluding carboxylic acids is 1. The molecule has 1 amide bonds. The second-order valence-corrected chi connectivity index (χ2v) is 8.65. The fourth-order valence-corrected chi connectivity index (χ4v) is 4.61. The molecule has 7 heteroatoms. The number of hydrogen-bond acceptors (Lipinski definition) is 5. The predicted molar refractivity (Wildman–Crippen MR) is 131 cm³/mol. The number of fused-ring (bicyclic) bond motifs is 1. The van der Waals surface area contributed by atoms with Crippen LogP contribution < -0.4 is 16.2 Å². The first-order valence-corrected chi connectivity index (χ1v) is 11.8. The van der Waals surface area contributed by atoms with Crippen LogP contribution in [0.1, 0.15) is 44.9 Å². The van der Waals surface area contributed by atoms with Gasteiger partial charge in [0.1, 0.15) is 0 Å². The van der Waals surface area contributed by atoms with E-state index in [0.717, 1.165) is 48.9 Å². The zero-order valence-corrected chi connectivity index (χ0v) is 19.1. The van der Waals surface area contributed by atoms with Crippen molar-refractivity contribution in [1.82, 2.24) is 15.5 Å². The van der Waals surface area contributed by atoms with Crippen molar-refractivity contribution in [1.29, 1.82) is 0 Å². The number of carbonyl (C=O) groups is 1. The van der Waals surface area contributed by atoms with E-state index in [9.17, 15) is 9.59 Å². The zero-order valence-electron chi connectivity index (χ0n) is 19.1. The Morgan fingerprint density at radius 1 is 1.09 bits per heavy atom. The Bertz CT molecular complexity index is 1140. The molecule has 0 radical (unpaired) electrons. The molecule has 3 N–H and O–H groups in total. The quantitative estimate of drug-likeness (QED) is 0.426. The maximum absolute atomic E-state index is 12.5. The fraction of sp³-hybridized carbons (Fsp3) is 0.423. The SMILES string of the molecule is COC1CCCCC1NCCCCC(=O)Nc1cccc(-c2n[nH]c(=O)c3ccccc23)c1. The number of hydrogen-bond donors (Lipinski definition) is 3. The molecule has 33 heavy (non-hydrogen) atoms. The molecule has 2 aromatic carbocycles. The first-order valence-electron chi connectivity index (χ1n) is 11.8. The van der Waals surface area contributed by atoms with E-state index < -0.39 is 0 Å². The van der Waals surface area contributed by atoms with Crippen LogP contribution >= 0.6 is 0 Å². The lowest BCUT2D eigenvalue weighted by Gasteiger charge is -2.31. The number of aromatic nitrogens is 2. The van der Waals surface area contributed by atoms with Crippen molar-refractivity contribution >= 4 is 22.4 Å². The molecule has 1 fully saturated rings. The van der Waals surface area contributed by atoms with Gasteiger partial charge in [-0.05, 0) is 50.4 Å². The van der Waals surface area contributed by atoms with Crippen molar-refractivity contribution in [2.24, 2.45) is 0 Å². The smallest absolute Gasteiger partial charge is 0.272 e. The molecule has 0 bridgehead atoms. The minimum absolute atomic E-state index is 0.00105. The number of ether oxygens (including phenoxy) is 1. The Morgan fingerprint density at radius 3 is 2.76 bits per heavy atom. The standard InChI is InChI=1S/C26H32N4O3/c1-33-23-14-5-4-13-22(23)27-16-7-6-15-24(31)28-19-10-8-9-18(17-19)25-20-11-2-3-12-21(20)26(32)30-29-25/h2-3,8-12,17,22-23,27H,4-7,13-16H2,1H3,(H,28,31)(H,30,32). The van der Waals surface area contributed by atoms with Gasteiger partial charge in [-0.25, -0.2) is 5.10 Å². The molecule has 4 rings (SSSR count). The summed E-state index contributed by atoms with van der Waals surface area (Å²) in [5.74, 6) is -0.00105. The molecule has 0 spiro atoms. The van der Waals surface area contributed by atoms with Crippen molar-refractivity contribution < 1.29 is 9.53 Å². The first kappa shape index (κ1) is 23.1. The fourth-order valence-electron chi connectivity index (χ4n) is 4.61. The summed E-state index contributed by atoms with van der Waals surface area (Å²) in [6.45, 7) is 0.901. The average molecular weight is 449 g/mol. The Hall–Kier alpha value is -3.03. The number of nitrogens with zero attached hydrogens (tertiary/aromatic N) is 1. The van der Waals surface area contributed by atoms with Gasteiger partial charge in [0.25, 0.3) is 5.56 Å². The Morgan fingerprint density at radius 2 is 1.91 bits per heavy atom. The van der Waals surface area contributed by atoms with Gasteiger partial charge in [-0.1, -0.05) is 43.2 Å². The van der Waals surface area contributed by atoms with Crippen molar-refractivity contribution in [3.8, 4) is 11.3 Å². The number of methoxy groups -OCH3 is 1. The van der Waals surface area contributed by atoms with Crippen molar-refractivity contribution in [2.75, 3.05) is 19.0 Å². The molecule has 174 valence electrons. The lowest BCUT2D eigenvalue weighted by atomic mass is 9.92. The predicted octanol–water partition coefficient (Wildman–Crippen LogP) is 4.25. The van der Waals surface area contributed by atoms with E-state index in [1.54, 1.807) is 13.2 Å². The van der Waals surface area contributed by atoms with Gasteiger partial charge in [-0.15, -0.1) is 0 Å². The van der Waals surface area contributed by atoms with Gasteiger partial charge in [0, 0.05) is 36.2 Å². The van der Waals surface area contributed by atoms with Gasteiger partial charge < -0.3 is 15.4 Å². The van der Waals surface area contributed by atoms with Gasteiger partial charge in [0.15, 0.2) is 0 Å². The normalized spacial score (nSPS) is 18.3. The van der Waals surface area contributed by atoms with Gasteiger partial charge in [-0.2, -0.15) is 5.10 Å². The first-order chi connectivity index (χ1) is 16.2. The summed E-state index contributed by atoms with van der Waals surface area (Å²) in [6, 6.07) is 15.4. The number of amides is 1. The van der Waals surface area contributed by atoms with Gasteiger partial charge in [0.05, 0.1) is 17.2 Å². The maximum Gasteiger partial charge on any atom is 0.272 e. The number of nitrogens with one attached hydrogen (secondary N) is 3. The van der Waals surface area contributed by atoms with Crippen molar-refractivity contribution in [2.45, 2.75) is 57.1 Å². The minimum atomic E-state index is -0.213. The lowest BCUT2D eigenvalue weighted by Crippen LogP contribution is -2.43. The van der Waals surface area contributed by atoms with E-state index in [1.165, 1.54) is 12.8 Å². The van der Waals surface area contributed by atoms with Gasteiger partial charge >= 0.3 is 0 Å². The molecule has 1 aliphatic rings. The summed E-state index contributed by atoms with van der Waals surface area (Å²) >= 11 is 0. The maximum atomic E-state index is 12.5. The highest BCUT2D eigenvalue weighted by Gasteiger charge is 2.23. The van der Waals surface area contributed by atoms with E-state index >= 15 is 0 Å². The van der Waals surface area contributed by atoms with Crippen LogP contribution in [0.3, 0.4) is 0 Å². The molecule has 0 saturated heterocycles. The number of aromatic amines is 1. The molecule has 3 aromatic rings. The van der Waals surface area contributed by atoms with Crippen LogP contribution in [0.15, 0.2) is 53.3 Å². The van der Waals surface area contributed by atoms with Crippen LogP contribution in [0.4, 0.5) is 5.69 Å². The highest BCUT2D eigenvalue weighted by Crippen LogP contribution is 2.26. The molecule has 7 nitrogen and oxygen atoms in total. The van der Waals surface area contributed by atoms with Crippen LogP contribution in [0.5, 0.6) is 0 Å². The van der Waals surface area contributed by atoms with Crippen LogP contribution in [0.25, 0.3) is 22.0 Å². The summed E-state index contributed by atoms with van der Waals surface area (Å²) in [7, 11) is 1.79. The molecular weight excluding hydrogens is 416 g/mol. The van der Waals surface area contributed by atoms with E-state index in [0.29, 0.717) is 29.6 Å². The van der Waals surface area contributed by atoms with E-state index in [2.05, 4.69) is 20.8 Å². The third-order valence-electron chi connectivity index (χ3n) is 6.36. The van der Waals surface area contributed by atoms with Crippen LogP contribution in [0.2, 0.25) is 0 Å². The second kappa shape index (κ2) is 11.2. The van der Waals surface area contributed by atoms with E-state index in [1.807, 2.05) is 42.5 Å². The van der Waals surface area contributed by atoms with Gasteiger partial charge in [0.2, 0.25) is 5.91 Å².